The van der Waals surface area contributed by atoms with E-state index in [2.05, 4.69) is 27.7 Å². The number of hydrogen-bond acceptors (Lipinski definition) is 5. The van der Waals surface area contributed by atoms with Crippen molar-refractivity contribution in [3.63, 3.8) is 0 Å². The Labute approximate surface area is 166 Å². The van der Waals surface area contributed by atoms with Crippen molar-refractivity contribution in [3.05, 3.63) is 33.7 Å². The number of carbonyl (C=O) groups excluding carboxylic acids is 2. The summed E-state index contributed by atoms with van der Waals surface area (Å²) in [7, 11) is 1.59. The lowest BCUT2D eigenvalue weighted by atomic mass is 9.91. The maximum atomic E-state index is 12.7. The molecule has 1 aliphatic rings. The quantitative estimate of drug-likeness (QED) is 0.409. The Hall–Kier alpha value is -1.79. The minimum Gasteiger partial charge on any atom is -0.426 e. The Morgan fingerprint density at radius 2 is 1.81 bits per heavy atom. The Morgan fingerprint density at radius 3 is 2.30 bits per heavy atom. The second kappa shape index (κ2) is 9.42. The smallest absolute Gasteiger partial charge is 0.308 e. The van der Waals surface area contributed by atoms with Crippen molar-refractivity contribution in [1.82, 2.24) is 4.90 Å². The molecule has 5 nitrogen and oxygen atoms in total. The lowest BCUT2D eigenvalue weighted by Crippen LogP contribution is -2.38. The van der Waals surface area contributed by atoms with Gasteiger partial charge >= 0.3 is 5.97 Å². The van der Waals surface area contributed by atoms with Crippen LogP contribution in [0.25, 0.3) is 6.08 Å². The molecule has 1 aromatic carbocycles. The summed E-state index contributed by atoms with van der Waals surface area (Å²) in [5.41, 5.74) is 2.91. The second-order valence-electron chi connectivity index (χ2n) is 7.27. The maximum Gasteiger partial charge on any atom is 0.308 e. The minimum atomic E-state index is -0.321. The first-order chi connectivity index (χ1) is 12.7. The zero-order valence-corrected chi connectivity index (χ0v) is 17.8. The number of thioether (sulfide) groups is 1. The number of methoxy groups -OCH3 is 1. The molecule has 2 rings (SSSR count). The molecule has 1 heterocycles. The number of amides is 1. The summed E-state index contributed by atoms with van der Waals surface area (Å²) in [5.74, 6) is 1.55. The summed E-state index contributed by atoms with van der Waals surface area (Å²) in [5, 5.41) is 0. The Kier molecular flexibility index (Phi) is 7.50. The molecule has 0 aliphatic carbocycles. The first-order valence-electron chi connectivity index (χ1n) is 9.23. The first-order valence-corrected chi connectivity index (χ1v) is 10.2. The third kappa shape index (κ3) is 5.36. The molecular weight excluding hydrogens is 362 g/mol. The van der Waals surface area contributed by atoms with E-state index in [-0.39, 0.29) is 23.7 Å². The van der Waals surface area contributed by atoms with E-state index in [0.29, 0.717) is 23.9 Å². The molecule has 1 aliphatic heterocycles. The van der Waals surface area contributed by atoms with Gasteiger partial charge in [0, 0.05) is 26.3 Å². The summed E-state index contributed by atoms with van der Waals surface area (Å²) in [6.07, 6.45) is 1.93. The van der Waals surface area contributed by atoms with Crippen LogP contribution >= 0.6 is 11.8 Å². The normalized spacial score (nSPS) is 16.5. The van der Waals surface area contributed by atoms with Crippen molar-refractivity contribution >= 4 is 29.7 Å². The average Bonchev–Trinajstić information content (AvgIpc) is 2.58. The zero-order valence-electron chi connectivity index (χ0n) is 17.0. The minimum absolute atomic E-state index is 0.00523. The molecule has 0 N–H and O–H groups in total. The molecule has 6 heteroatoms. The summed E-state index contributed by atoms with van der Waals surface area (Å²) in [6, 6.07) is 4.04. The summed E-state index contributed by atoms with van der Waals surface area (Å²) in [4.78, 5) is 26.7. The predicted molar refractivity (Wildman–Crippen MR) is 110 cm³/mol. The van der Waals surface area contributed by atoms with Gasteiger partial charge in [0.15, 0.2) is 0 Å². The van der Waals surface area contributed by atoms with Gasteiger partial charge in [0.25, 0.3) is 5.91 Å². The third-order valence-corrected chi connectivity index (χ3v) is 5.35. The van der Waals surface area contributed by atoms with Crippen molar-refractivity contribution in [2.75, 3.05) is 26.1 Å². The molecular formula is C21H29NO4S. The van der Waals surface area contributed by atoms with E-state index in [0.717, 1.165) is 22.4 Å². The average molecular weight is 392 g/mol. The van der Waals surface area contributed by atoms with Gasteiger partial charge in [-0.25, -0.2) is 0 Å². The Morgan fingerprint density at radius 1 is 1.22 bits per heavy atom. The van der Waals surface area contributed by atoms with Gasteiger partial charge < -0.3 is 14.4 Å². The molecule has 0 unspecified atom stereocenters. The van der Waals surface area contributed by atoms with Crippen LogP contribution in [0.1, 0.15) is 63.1 Å². The van der Waals surface area contributed by atoms with Crippen LogP contribution in [0.15, 0.2) is 17.0 Å². The van der Waals surface area contributed by atoms with Gasteiger partial charge in [-0.2, -0.15) is 0 Å². The van der Waals surface area contributed by atoms with Crippen LogP contribution in [0.5, 0.6) is 5.75 Å². The lowest BCUT2D eigenvalue weighted by molar-refractivity contribution is -0.132. The summed E-state index contributed by atoms with van der Waals surface area (Å²) >= 11 is 1.57. The third-order valence-electron chi connectivity index (χ3n) is 4.36. The molecule has 1 amide bonds. The van der Waals surface area contributed by atoms with Crippen LogP contribution < -0.4 is 4.74 Å². The number of benzene rings is 1. The van der Waals surface area contributed by atoms with Crippen LogP contribution in [-0.2, 0) is 14.3 Å². The van der Waals surface area contributed by atoms with E-state index in [1.54, 1.807) is 23.8 Å². The highest BCUT2D eigenvalue weighted by Crippen LogP contribution is 2.37. The Bertz CT molecular complexity index is 709. The van der Waals surface area contributed by atoms with Gasteiger partial charge in [-0.3, -0.25) is 9.59 Å². The number of nitrogens with zero attached hydrogens (tertiary/aromatic N) is 1. The standard InChI is InChI=1S/C21H29NO4S/c1-13(2)17-9-16(10-18(14(3)4)20(17)26-15(5)23)11-19-21(24)22(12-25-6)7-8-27-19/h9-11,13-14H,7-8,12H2,1-6H3/b19-11+. The van der Waals surface area contributed by atoms with E-state index in [1.165, 1.54) is 6.92 Å². The number of hydrogen-bond donors (Lipinski definition) is 0. The monoisotopic (exact) mass is 391 g/mol. The molecule has 0 spiro atoms. The van der Waals surface area contributed by atoms with Gasteiger partial charge in [-0.1, -0.05) is 27.7 Å². The topological polar surface area (TPSA) is 55.8 Å². The number of carbonyl (C=O) groups is 2. The molecule has 1 fully saturated rings. The predicted octanol–water partition coefficient (Wildman–Crippen LogP) is 4.38. The first kappa shape index (κ1) is 21.5. The molecule has 1 aromatic rings. The molecule has 0 bridgehead atoms. The van der Waals surface area contributed by atoms with Crippen LogP contribution in [0.4, 0.5) is 0 Å². The molecule has 148 valence electrons. The van der Waals surface area contributed by atoms with E-state index in [4.69, 9.17) is 9.47 Å². The van der Waals surface area contributed by atoms with Gasteiger partial charge in [-0.05, 0) is 46.7 Å². The molecule has 0 saturated carbocycles. The number of esters is 1. The van der Waals surface area contributed by atoms with Gasteiger partial charge in [-0.15, -0.1) is 11.8 Å². The fourth-order valence-electron chi connectivity index (χ4n) is 3.02. The number of ether oxygens (including phenoxy) is 2. The van der Waals surface area contributed by atoms with E-state index >= 15 is 0 Å². The van der Waals surface area contributed by atoms with E-state index < -0.39 is 0 Å². The van der Waals surface area contributed by atoms with Crippen LogP contribution in [0, 0.1) is 0 Å². The molecule has 27 heavy (non-hydrogen) atoms. The highest BCUT2D eigenvalue weighted by atomic mass is 32.2. The van der Waals surface area contributed by atoms with Gasteiger partial charge in [0.05, 0.1) is 4.91 Å². The van der Waals surface area contributed by atoms with Crippen molar-refractivity contribution in [1.29, 1.82) is 0 Å². The SMILES string of the molecule is COCN1CCS/C(=C/c2cc(C(C)C)c(OC(C)=O)c(C(C)C)c2)C1=O. The summed E-state index contributed by atoms with van der Waals surface area (Å²) < 4.78 is 10.7. The fraction of sp³-hybridized carbons (Fsp3) is 0.524. The van der Waals surface area contributed by atoms with E-state index in [9.17, 15) is 9.59 Å². The zero-order chi connectivity index (χ0) is 20.1. The van der Waals surface area contributed by atoms with Gasteiger partial charge in [0.2, 0.25) is 0 Å². The highest BCUT2D eigenvalue weighted by Gasteiger charge is 2.24. The molecule has 0 radical (unpaired) electrons. The van der Waals surface area contributed by atoms with Gasteiger partial charge in [0.1, 0.15) is 12.5 Å². The number of rotatable bonds is 6. The largest absolute Gasteiger partial charge is 0.426 e. The second-order valence-corrected chi connectivity index (χ2v) is 8.41. The lowest BCUT2D eigenvalue weighted by Gasteiger charge is -2.27. The van der Waals surface area contributed by atoms with Crippen LogP contribution in [-0.4, -0.2) is 42.9 Å². The van der Waals surface area contributed by atoms with Crippen molar-refractivity contribution in [3.8, 4) is 5.75 Å². The molecule has 0 atom stereocenters. The Balaban J connectivity index is 2.51. The molecule has 1 saturated heterocycles. The fourth-order valence-corrected chi connectivity index (χ4v) is 4.02. The van der Waals surface area contributed by atoms with Crippen LogP contribution in [0.2, 0.25) is 0 Å². The highest BCUT2D eigenvalue weighted by molar-refractivity contribution is 8.04. The van der Waals surface area contributed by atoms with Crippen molar-refractivity contribution < 1.29 is 19.1 Å². The van der Waals surface area contributed by atoms with Crippen molar-refractivity contribution in [2.24, 2.45) is 0 Å². The van der Waals surface area contributed by atoms with Crippen molar-refractivity contribution in [2.45, 2.75) is 46.5 Å². The molecule has 0 aromatic heterocycles. The van der Waals surface area contributed by atoms with Crippen LogP contribution in [0.3, 0.4) is 0 Å². The maximum absolute atomic E-state index is 12.7. The summed E-state index contributed by atoms with van der Waals surface area (Å²) in [6.45, 7) is 10.7. The van der Waals surface area contributed by atoms with E-state index in [1.807, 2.05) is 18.2 Å².